The Hall–Kier alpha value is -3.12. The first-order chi connectivity index (χ1) is 14.5. The zero-order chi connectivity index (χ0) is 21.1. The number of hydrogen-bond donors (Lipinski definition) is 0. The zero-order valence-electron chi connectivity index (χ0n) is 17.0. The molecule has 0 aliphatic rings. The van der Waals surface area contributed by atoms with Crippen molar-refractivity contribution in [2.75, 3.05) is 7.11 Å². The van der Waals surface area contributed by atoms with E-state index in [0.29, 0.717) is 0 Å². The number of thioether (sulfide) groups is 1. The van der Waals surface area contributed by atoms with E-state index < -0.39 is 0 Å². The molecule has 4 nitrogen and oxygen atoms in total. The molecular weight excluding hydrogens is 397 g/mol. The van der Waals surface area contributed by atoms with Gasteiger partial charge in [-0.1, -0.05) is 41.6 Å². The Morgan fingerprint density at radius 2 is 1.57 bits per heavy atom. The third-order valence-corrected chi connectivity index (χ3v) is 6.00. The van der Waals surface area contributed by atoms with Crippen molar-refractivity contribution in [2.45, 2.75) is 24.3 Å². The van der Waals surface area contributed by atoms with Crippen molar-refractivity contribution < 1.29 is 9.13 Å². The van der Waals surface area contributed by atoms with E-state index in [1.807, 2.05) is 36.4 Å². The van der Waals surface area contributed by atoms with Gasteiger partial charge in [-0.3, -0.25) is 4.57 Å². The number of nitrogens with zero attached hydrogens (tertiary/aromatic N) is 3. The molecule has 3 aromatic carbocycles. The van der Waals surface area contributed by atoms with Gasteiger partial charge in [0.05, 0.1) is 7.11 Å². The van der Waals surface area contributed by atoms with Gasteiger partial charge in [0.15, 0.2) is 11.0 Å². The second-order valence-corrected chi connectivity index (χ2v) is 8.33. The number of hydrogen-bond acceptors (Lipinski definition) is 4. The van der Waals surface area contributed by atoms with E-state index in [1.54, 1.807) is 18.9 Å². The quantitative estimate of drug-likeness (QED) is 0.347. The van der Waals surface area contributed by atoms with E-state index in [0.717, 1.165) is 33.5 Å². The Kier molecular flexibility index (Phi) is 5.86. The molecule has 0 N–H and O–H groups in total. The fourth-order valence-corrected chi connectivity index (χ4v) is 4.15. The van der Waals surface area contributed by atoms with Crippen LogP contribution in [0.15, 0.2) is 78.0 Å². The molecule has 152 valence electrons. The van der Waals surface area contributed by atoms with E-state index in [-0.39, 0.29) is 11.1 Å². The molecule has 6 heteroatoms. The van der Waals surface area contributed by atoms with Crippen LogP contribution in [0.3, 0.4) is 0 Å². The van der Waals surface area contributed by atoms with E-state index >= 15 is 0 Å². The van der Waals surface area contributed by atoms with Crippen LogP contribution >= 0.6 is 11.8 Å². The van der Waals surface area contributed by atoms with Crippen LogP contribution in [0.4, 0.5) is 4.39 Å². The topological polar surface area (TPSA) is 39.9 Å². The van der Waals surface area contributed by atoms with Gasteiger partial charge in [0, 0.05) is 16.5 Å². The monoisotopic (exact) mass is 419 g/mol. The maximum Gasteiger partial charge on any atom is 0.196 e. The summed E-state index contributed by atoms with van der Waals surface area (Å²) in [5.41, 5.74) is 4.16. The van der Waals surface area contributed by atoms with Crippen molar-refractivity contribution in [2.24, 2.45) is 0 Å². The lowest BCUT2D eigenvalue weighted by atomic mass is 10.2. The van der Waals surface area contributed by atoms with E-state index in [2.05, 4.69) is 52.9 Å². The third-order valence-electron chi connectivity index (χ3n) is 4.90. The van der Waals surface area contributed by atoms with Gasteiger partial charge >= 0.3 is 0 Å². The Morgan fingerprint density at radius 3 is 2.20 bits per heavy atom. The standard InChI is InChI=1S/C24H22FN3OS/c1-16-4-12-21(13-5-16)28-23(19-8-14-22(29-3)15-9-19)26-27-24(28)30-17(2)18-6-10-20(25)11-7-18/h4-15,17H,1-3H3/t17-/m1/s1. The summed E-state index contributed by atoms with van der Waals surface area (Å²) in [5, 5.41) is 9.85. The predicted molar refractivity (Wildman–Crippen MR) is 119 cm³/mol. The van der Waals surface area contributed by atoms with Crippen LogP contribution in [0.25, 0.3) is 17.1 Å². The Labute approximate surface area is 179 Å². The molecule has 1 heterocycles. The third kappa shape index (κ3) is 4.24. The molecule has 0 saturated carbocycles. The summed E-state index contributed by atoms with van der Waals surface area (Å²) in [4.78, 5) is 0. The molecule has 1 atom stereocenters. The summed E-state index contributed by atoms with van der Waals surface area (Å²) in [5.74, 6) is 1.32. The molecule has 30 heavy (non-hydrogen) atoms. The second kappa shape index (κ2) is 8.71. The van der Waals surface area contributed by atoms with Crippen LogP contribution in [0, 0.1) is 12.7 Å². The van der Waals surface area contributed by atoms with Crippen LogP contribution in [0.2, 0.25) is 0 Å². The summed E-state index contributed by atoms with van der Waals surface area (Å²) in [6.45, 7) is 4.14. The van der Waals surface area contributed by atoms with Crippen LogP contribution in [-0.2, 0) is 0 Å². The second-order valence-electron chi connectivity index (χ2n) is 7.02. The largest absolute Gasteiger partial charge is 0.497 e. The summed E-state index contributed by atoms with van der Waals surface area (Å²) in [6, 6.07) is 22.7. The molecule has 0 saturated heterocycles. The Morgan fingerprint density at radius 1 is 0.900 bits per heavy atom. The molecule has 0 fully saturated rings. The number of aryl methyl sites for hydroxylation is 1. The number of rotatable bonds is 6. The van der Waals surface area contributed by atoms with E-state index in [4.69, 9.17) is 4.74 Å². The van der Waals surface area contributed by atoms with E-state index in [9.17, 15) is 4.39 Å². The number of halogens is 1. The molecule has 0 bridgehead atoms. The first kappa shape index (κ1) is 20.2. The van der Waals surface area contributed by atoms with Gasteiger partial charge in [0.2, 0.25) is 0 Å². The smallest absolute Gasteiger partial charge is 0.196 e. The van der Waals surface area contributed by atoms with Crippen molar-refractivity contribution in [3.63, 3.8) is 0 Å². The van der Waals surface area contributed by atoms with Gasteiger partial charge in [-0.25, -0.2) is 4.39 Å². The van der Waals surface area contributed by atoms with Crippen LogP contribution in [0.5, 0.6) is 5.75 Å². The molecular formula is C24H22FN3OS. The van der Waals surface area contributed by atoms with Gasteiger partial charge in [-0.2, -0.15) is 0 Å². The molecule has 1 aromatic heterocycles. The normalized spacial score (nSPS) is 12.0. The molecule has 0 aliphatic carbocycles. The first-order valence-electron chi connectivity index (χ1n) is 9.64. The summed E-state index contributed by atoms with van der Waals surface area (Å²) < 4.78 is 20.6. The van der Waals surface area contributed by atoms with Crippen molar-refractivity contribution in [3.05, 3.63) is 89.7 Å². The highest BCUT2D eigenvalue weighted by Crippen LogP contribution is 2.37. The van der Waals surface area contributed by atoms with Crippen LogP contribution in [-0.4, -0.2) is 21.9 Å². The molecule has 0 radical (unpaired) electrons. The minimum Gasteiger partial charge on any atom is -0.497 e. The minimum atomic E-state index is -0.236. The average Bonchev–Trinajstić information content (AvgIpc) is 3.18. The SMILES string of the molecule is COc1ccc(-c2nnc(S[C@H](C)c3ccc(F)cc3)n2-c2ccc(C)cc2)cc1. The molecule has 0 amide bonds. The van der Waals surface area contributed by atoms with Crippen molar-refractivity contribution in [1.82, 2.24) is 14.8 Å². The fraction of sp³-hybridized carbons (Fsp3) is 0.167. The van der Waals surface area contributed by atoms with Crippen molar-refractivity contribution >= 4 is 11.8 Å². The Balaban J connectivity index is 1.75. The van der Waals surface area contributed by atoms with Gasteiger partial charge in [0.1, 0.15) is 11.6 Å². The number of benzene rings is 3. The van der Waals surface area contributed by atoms with Gasteiger partial charge in [-0.15, -0.1) is 10.2 Å². The lowest BCUT2D eigenvalue weighted by molar-refractivity contribution is 0.415. The molecule has 4 aromatic rings. The number of ether oxygens (including phenoxy) is 1. The molecule has 0 unspecified atom stereocenters. The minimum absolute atomic E-state index is 0.0858. The number of methoxy groups -OCH3 is 1. The lowest BCUT2D eigenvalue weighted by Crippen LogP contribution is -2.01. The maximum atomic E-state index is 13.3. The predicted octanol–water partition coefficient (Wildman–Crippen LogP) is 6.24. The molecule has 4 rings (SSSR count). The van der Waals surface area contributed by atoms with Gasteiger partial charge in [0.25, 0.3) is 0 Å². The van der Waals surface area contributed by atoms with Gasteiger partial charge < -0.3 is 4.74 Å². The van der Waals surface area contributed by atoms with Crippen molar-refractivity contribution in [3.8, 4) is 22.8 Å². The van der Waals surface area contributed by atoms with Crippen molar-refractivity contribution in [1.29, 1.82) is 0 Å². The highest BCUT2D eigenvalue weighted by molar-refractivity contribution is 7.99. The van der Waals surface area contributed by atoms with E-state index in [1.165, 1.54) is 17.7 Å². The molecule has 0 spiro atoms. The highest BCUT2D eigenvalue weighted by Gasteiger charge is 2.19. The fourth-order valence-electron chi connectivity index (χ4n) is 3.16. The highest BCUT2D eigenvalue weighted by atomic mass is 32.2. The van der Waals surface area contributed by atoms with Crippen LogP contribution in [0.1, 0.15) is 23.3 Å². The lowest BCUT2D eigenvalue weighted by Gasteiger charge is -2.14. The number of aromatic nitrogens is 3. The first-order valence-corrected chi connectivity index (χ1v) is 10.5. The van der Waals surface area contributed by atoms with Crippen LogP contribution < -0.4 is 4.74 Å². The average molecular weight is 420 g/mol. The summed E-state index contributed by atoms with van der Waals surface area (Å²) in [7, 11) is 1.65. The molecule has 0 aliphatic heterocycles. The zero-order valence-corrected chi connectivity index (χ0v) is 17.9. The summed E-state index contributed by atoms with van der Waals surface area (Å²) in [6.07, 6.45) is 0. The maximum absolute atomic E-state index is 13.3. The van der Waals surface area contributed by atoms with Gasteiger partial charge in [-0.05, 0) is 67.9 Å². The Bertz CT molecular complexity index is 1120. The summed E-state index contributed by atoms with van der Waals surface area (Å²) >= 11 is 1.59.